The second-order valence-electron chi connectivity index (χ2n) is 3.17. The van der Waals surface area contributed by atoms with Gasteiger partial charge in [0.05, 0.1) is 13.7 Å². The Labute approximate surface area is 99.9 Å². The van der Waals surface area contributed by atoms with Crippen molar-refractivity contribution in [2.24, 2.45) is 0 Å². The Morgan fingerprint density at radius 2 is 2.12 bits per heavy atom. The van der Waals surface area contributed by atoms with Gasteiger partial charge in [0.1, 0.15) is 11.4 Å². The molecular weight excluding hydrogens is 224 g/mol. The molecule has 0 saturated carbocycles. The van der Waals surface area contributed by atoms with Crippen LogP contribution in [0.4, 0.5) is 5.82 Å². The molecule has 0 bridgehead atoms. The number of rotatable bonds is 6. The van der Waals surface area contributed by atoms with Crippen LogP contribution in [0.15, 0.2) is 18.3 Å². The van der Waals surface area contributed by atoms with Crippen LogP contribution < -0.4 is 5.32 Å². The van der Waals surface area contributed by atoms with E-state index in [2.05, 4.69) is 15.0 Å². The van der Waals surface area contributed by atoms with E-state index in [4.69, 9.17) is 9.47 Å². The normalized spacial score (nSPS) is 10.4. The molecule has 1 heterocycles. The number of hydrogen-bond acceptors (Lipinski definition) is 6. The first-order valence-electron chi connectivity index (χ1n) is 5.05. The van der Waals surface area contributed by atoms with Gasteiger partial charge >= 0.3 is 5.97 Å². The molecule has 6 heteroatoms. The standard InChI is InChI=1S/C11H16N2O4/c1-15-9(16-2)7-13-10-8(11(14)17-3)5-4-6-12-10/h4-6,9H,7H2,1-3H3,(H,12,13). The van der Waals surface area contributed by atoms with Gasteiger partial charge in [-0.2, -0.15) is 0 Å². The van der Waals surface area contributed by atoms with Crippen LogP contribution >= 0.6 is 0 Å². The quantitative estimate of drug-likeness (QED) is 0.588. The molecule has 0 saturated heterocycles. The van der Waals surface area contributed by atoms with E-state index in [1.165, 1.54) is 21.3 Å². The number of methoxy groups -OCH3 is 3. The summed E-state index contributed by atoms with van der Waals surface area (Å²) in [5.74, 6) is 0.00503. The Bertz CT molecular complexity index is 366. The maximum absolute atomic E-state index is 11.5. The van der Waals surface area contributed by atoms with E-state index in [-0.39, 0.29) is 0 Å². The summed E-state index contributed by atoms with van der Waals surface area (Å²) < 4.78 is 14.7. The molecule has 94 valence electrons. The van der Waals surface area contributed by atoms with Crippen LogP contribution in [-0.4, -0.2) is 45.1 Å². The molecular formula is C11H16N2O4. The van der Waals surface area contributed by atoms with E-state index in [0.717, 1.165) is 0 Å². The van der Waals surface area contributed by atoms with Crippen molar-refractivity contribution in [3.63, 3.8) is 0 Å². The number of anilines is 1. The Hall–Kier alpha value is -1.66. The number of carbonyl (C=O) groups excluding carboxylic acids is 1. The molecule has 1 N–H and O–H groups in total. The first kappa shape index (κ1) is 13.4. The molecule has 0 fully saturated rings. The molecule has 1 aromatic rings. The van der Waals surface area contributed by atoms with Crippen molar-refractivity contribution in [2.45, 2.75) is 6.29 Å². The van der Waals surface area contributed by atoms with Gasteiger partial charge in [-0.05, 0) is 12.1 Å². The maximum Gasteiger partial charge on any atom is 0.341 e. The molecule has 0 amide bonds. The fraction of sp³-hybridized carbons (Fsp3) is 0.455. The van der Waals surface area contributed by atoms with Crippen molar-refractivity contribution in [1.82, 2.24) is 4.98 Å². The van der Waals surface area contributed by atoms with Crippen molar-refractivity contribution in [2.75, 3.05) is 33.2 Å². The van der Waals surface area contributed by atoms with Crippen LogP contribution in [0, 0.1) is 0 Å². The number of hydrogen-bond donors (Lipinski definition) is 1. The predicted octanol–water partition coefficient (Wildman–Crippen LogP) is 0.899. The molecule has 0 aliphatic rings. The minimum atomic E-state index is -0.438. The van der Waals surface area contributed by atoms with Crippen molar-refractivity contribution in [3.8, 4) is 0 Å². The lowest BCUT2D eigenvalue weighted by Gasteiger charge is -2.15. The number of nitrogens with one attached hydrogen (secondary N) is 1. The third-order valence-electron chi connectivity index (χ3n) is 2.17. The molecule has 1 aromatic heterocycles. The molecule has 0 aliphatic heterocycles. The van der Waals surface area contributed by atoms with Gasteiger partial charge in [0.25, 0.3) is 0 Å². The highest BCUT2D eigenvalue weighted by molar-refractivity contribution is 5.94. The van der Waals surface area contributed by atoms with Crippen LogP contribution in [0.5, 0.6) is 0 Å². The number of nitrogens with zero attached hydrogens (tertiary/aromatic N) is 1. The van der Waals surface area contributed by atoms with E-state index in [9.17, 15) is 4.79 Å². The largest absolute Gasteiger partial charge is 0.465 e. The van der Waals surface area contributed by atoms with Crippen molar-refractivity contribution < 1.29 is 19.0 Å². The highest BCUT2D eigenvalue weighted by Gasteiger charge is 2.13. The van der Waals surface area contributed by atoms with E-state index in [1.807, 2.05) is 0 Å². The summed E-state index contributed by atoms with van der Waals surface area (Å²) in [6.07, 6.45) is 1.19. The van der Waals surface area contributed by atoms with Crippen molar-refractivity contribution in [3.05, 3.63) is 23.9 Å². The lowest BCUT2D eigenvalue weighted by Crippen LogP contribution is -2.25. The van der Waals surface area contributed by atoms with Gasteiger partial charge < -0.3 is 19.5 Å². The van der Waals surface area contributed by atoms with Crippen molar-refractivity contribution in [1.29, 1.82) is 0 Å². The lowest BCUT2D eigenvalue weighted by atomic mass is 10.2. The number of carbonyl (C=O) groups is 1. The van der Waals surface area contributed by atoms with Gasteiger partial charge in [0.2, 0.25) is 0 Å². The molecule has 0 aliphatic carbocycles. The van der Waals surface area contributed by atoms with Crippen LogP contribution in [0.3, 0.4) is 0 Å². The SMILES string of the molecule is COC(=O)c1cccnc1NCC(OC)OC. The monoisotopic (exact) mass is 240 g/mol. The summed E-state index contributed by atoms with van der Waals surface area (Å²) in [4.78, 5) is 15.5. The molecule has 17 heavy (non-hydrogen) atoms. The molecule has 0 aromatic carbocycles. The first-order valence-corrected chi connectivity index (χ1v) is 5.05. The third kappa shape index (κ3) is 3.69. The smallest absolute Gasteiger partial charge is 0.341 e. The predicted molar refractivity (Wildman–Crippen MR) is 61.9 cm³/mol. The number of esters is 1. The first-order chi connectivity index (χ1) is 8.22. The van der Waals surface area contributed by atoms with E-state index in [0.29, 0.717) is 17.9 Å². The number of pyridine rings is 1. The van der Waals surface area contributed by atoms with E-state index in [1.54, 1.807) is 18.3 Å². The van der Waals surface area contributed by atoms with Crippen LogP contribution in [0.25, 0.3) is 0 Å². The Balaban J connectivity index is 2.73. The summed E-state index contributed by atoms with van der Waals surface area (Å²) in [6.45, 7) is 0.383. The zero-order valence-electron chi connectivity index (χ0n) is 10.1. The average molecular weight is 240 g/mol. The Kier molecular flexibility index (Phi) is 5.38. The fourth-order valence-electron chi connectivity index (χ4n) is 1.26. The van der Waals surface area contributed by atoms with Crippen molar-refractivity contribution >= 4 is 11.8 Å². The zero-order valence-corrected chi connectivity index (χ0v) is 10.1. The summed E-state index contributed by atoms with van der Waals surface area (Å²) in [6, 6.07) is 3.30. The van der Waals surface area contributed by atoms with Gasteiger partial charge in [0.15, 0.2) is 6.29 Å². The van der Waals surface area contributed by atoms with Gasteiger partial charge in [-0.1, -0.05) is 0 Å². The fourth-order valence-corrected chi connectivity index (χ4v) is 1.26. The van der Waals surface area contributed by atoms with Crippen LogP contribution in [0.2, 0.25) is 0 Å². The minimum Gasteiger partial charge on any atom is -0.465 e. The van der Waals surface area contributed by atoms with Gasteiger partial charge in [0, 0.05) is 20.4 Å². The molecule has 0 atom stereocenters. The maximum atomic E-state index is 11.5. The summed E-state index contributed by atoms with van der Waals surface area (Å²) >= 11 is 0. The van der Waals surface area contributed by atoms with E-state index >= 15 is 0 Å². The molecule has 0 unspecified atom stereocenters. The number of aromatic nitrogens is 1. The third-order valence-corrected chi connectivity index (χ3v) is 2.17. The summed E-state index contributed by atoms with van der Waals surface area (Å²) in [5, 5.41) is 2.97. The second kappa shape index (κ2) is 6.82. The minimum absolute atomic E-state index is 0.376. The second-order valence-corrected chi connectivity index (χ2v) is 3.17. The average Bonchev–Trinajstić information content (AvgIpc) is 2.39. The lowest BCUT2D eigenvalue weighted by molar-refractivity contribution is -0.0914. The topological polar surface area (TPSA) is 69.7 Å². The summed E-state index contributed by atoms with van der Waals surface area (Å²) in [7, 11) is 4.40. The molecule has 6 nitrogen and oxygen atoms in total. The number of ether oxygens (including phenoxy) is 3. The molecule has 0 radical (unpaired) electrons. The highest BCUT2D eigenvalue weighted by atomic mass is 16.7. The van der Waals surface area contributed by atoms with Gasteiger partial charge in [-0.25, -0.2) is 9.78 Å². The zero-order chi connectivity index (χ0) is 12.7. The Morgan fingerprint density at radius 3 is 2.71 bits per heavy atom. The molecule has 1 rings (SSSR count). The highest BCUT2D eigenvalue weighted by Crippen LogP contribution is 2.12. The van der Waals surface area contributed by atoms with E-state index < -0.39 is 12.3 Å². The molecule has 0 spiro atoms. The Morgan fingerprint density at radius 1 is 1.41 bits per heavy atom. The van der Waals surface area contributed by atoms with Crippen LogP contribution in [0.1, 0.15) is 10.4 Å². The van der Waals surface area contributed by atoms with Crippen LogP contribution in [-0.2, 0) is 14.2 Å². The van der Waals surface area contributed by atoms with Gasteiger partial charge in [-0.3, -0.25) is 0 Å². The summed E-state index contributed by atoms with van der Waals surface area (Å²) in [5.41, 5.74) is 0.376. The van der Waals surface area contributed by atoms with Gasteiger partial charge in [-0.15, -0.1) is 0 Å².